The minimum atomic E-state index is -1.31. The Hall–Kier alpha value is -3.59. The Bertz CT molecular complexity index is 1300. The Labute approximate surface area is 242 Å². The van der Waals surface area contributed by atoms with E-state index in [1.807, 2.05) is 41.3 Å². The number of hydrogen-bond acceptors (Lipinski definition) is 6. The Morgan fingerprint density at radius 3 is 2.32 bits per heavy atom. The first-order valence-electron chi connectivity index (χ1n) is 14.5. The number of carbonyl (C=O) groups excluding carboxylic acids is 3. The maximum atomic E-state index is 14.1. The van der Waals surface area contributed by atoms with Gasteiger partial charge in [0.15, 0.2) is 0 Å². The number of anilines is 1. The van der Waals surface area contributed by atoms with Crippen LogP contribution in [-0.4, -0.2) is 65.2 Å². The minimum Gasteiger partial charge on any atom is -0.444 e. The summed E-state index contributed by atoms with van der Waals surface area (Å²) in [6, 6.07) is 18.2. The van der Waals surface area contributed by atoms with E-state index in [4.69, 9.17) is 9.47 Å². The molecule has 9 nitrogen and oxygen atoms in total. The summed E-state index contributed by atoms with van der Waals surface area (Å²) in [4.78, 5) is 42.0. The molecule has 1 saturated carbocycles. The van der Waals surface area contributed by atoms with Gasteiger partial charge in [0.05, 0.1) is 12.7 Å². The summed E-state index contributed by atoms with van der Waals surface area (Å²) in [5, 5.41) is 9.18. The molecular weight excluding hydrogens is 520 g/mol. The number of alkyl carbamates (subject to hydrolysis) is 1. The highest BCUT2D eigenvalue weighted by atomic mass is 16.6. The van der Waals surface area contributed by atoms with E-state index in [9.17, 15) is 14.4 Å². The highest BCUT2D eigenvalue weighted by Gasteiger charge is 2.65. The van der Waals surface area contributed by atoms with Crippen molar-refractivity contribution in [1.82, 2.24) is 15.5 Å². The number of amides is 3. The smallest absolute Gasteiger partial charge is 0.408 e. The van der Waals surface area contributed by atoms with Gasteiger partial charge in [0, 0.05) is 37.2 Å². The second-order valence-corrected chi connectivity index (χ2v) is 13.1. The van der Waals surface area contributed by atoms with Crippen molar-refractivity contribution in [2.45, 2.75) is 88.7 Å². The zero-order valence-corrected chi connectivity index (χ0v) is 24.7. The lowest BCUT2D eigenvalue weighted by Gasteiger charge is -2.41. The molecule has 1 unspecified atom stereocenters. The largest absolute Gasteiger partial charge is 0.444 e. The van der Waals surface area contributed by atoms with Gasteiger partial charge in [-0.05, 0) is 64.7 Å². The average molecular weight is 563 g/mol. The van der Waals surface area contributed by atoms with Crippen LogP contribution in [0.25, 0.3) is 0 Å². The van der Waals surface area contributed by atoms with Gasteiger partial charge < -0.3 is 30.3 Å². The van der Waals surface area contributed by atoms with E-state index in [2.05, 4.69) is 34.1 Å². The molecule has 2 fully saturated rings. The third-order valence-electron chi connectivity index (χ3n) is 8.41. The van der Waals surface area contributed by atoms with Gasteiger partial charge in [-0.1, -0.05) is 48.5 Å². The number of nitrogens with one attached hydrogen (secondary N) is 3. The Morgan fingerprint density at radius 1 is 0.976 bits per heavy atom. The van der Waals surface area contributed by atoms with Crippen molar-refractivity contribution in [3.63, 3.8) is 0 Å². The van der Waals surface area contributed by atoms with Gasteiger partial charge in [-0.25, -0.2) is 4.79 Å². The van der Waals surface area contributed by atoms with Gasteiger partial charge in [-0.2, -0.15) is 0 Å². The van der Waals surface area contributed by atoms with Gasteiger partial charge in [0.1, 0.15) is 16.7 Å². The lowest BCUT2D eigenvalue weighted by atomic mass is 9.74. The second-order valence-electron chi connectivity index (χ2n) is 13.1. The van der Waals surface area contributed by atoms with Crippen molar-refractivity contribution in [2.75, 3.05) is 25.0 Å². The monoisotopic (exact) mass is 562 g/mol. The Balaban J connectivity index is 1.29. The minimum absolute atomic E-state index is 0.00980. The molecule has 0 radical (unpaired) electrons. The molecule has 0 bridgehead atoms. The zero-order chi connectivity index (χ0) is 29.5. The van der Waals surface area contributed by atoms with Crippen LogP contribution >= 0.6 is 0 Å². The standard InChI is InChI=1S/C32H42N4O5/c1-29(2,3)41-28(39)35-30(4,5)26(37)34-32(19-25(32)40-20-22-11-7-6-8-12-22)27(38)36-17-15-31(16-18-36)21-33-24-14-10-9-13-23(24)31/h6-14,25,33H,15-21H2,1-5H3,(H,34,37)(H,35,39)/t25-,32?/m1/s1. The number of nitrogens with zero attached hydrogens (tertiary/aromatic N) is 1. The summed E-state index contributed by atoms with van der Waals surface area (Å²) in [7, 11) is 0. The molecule has 0 aromatic heterocycles. The van der Waals surface area contributed by atoms with E-state index in [0.29, 0.717) is 26.1 Å². The topological polar surface area (TPSA) is 109 Å². The van der Waals surface area contributed by atoms with Crippen molar-refractivity contribution < 1.29 is 23.9 Å². The molecule has 41 heavy (non-hydrogen) atoms. The molecule has 1 aliphatic carbocycles. The third kappa shape index (κ3) is 6.05. The SMILES string of the molecule is CC(C)(C)OC(=O)NC(C)(C)C(=O)NC1(C(=O)N2CCC3(CC2)CNc2ccccc23)C[C@H]1OCc1ccccc1. The molecule has 2 heterocycles. The summed E-state index contributed by atoms with van der Waals surface area (Å²) in [6.07, 6.45) is 0.889. The van der Waals surface area contributed by atoms with Gasteiger partial charge >= 0.3 is 6.09 Å². The van der Waals surface area contributed by atoms with E-state index in [1.165, 1.54) is 11.3 Å². The fourth-order valence-corrected chi connectivity index (χ4v) is 5.92. The predicted molar refractivity (Wildman–Crippen MR) is 156 cm³/mol. The highest BCUT2D eigenvalue weighted by Crippen LogP contribution is 2.46. The third-order valence-corrected chi connectivity index (χ3v) is 8.41. The molecule has 220 valence electrons. The first kappa shape index (κ1) is 28.9. The van der Waals surface area contributed by atoms with E-state index >= 15 is 0 Å². The van der Waals surface area contributed by atoms with E-state index < -0.39 is 34.8 Å². The number of para-hydroxylation sites is 1. The van der Waals surface area contributed by atoms with E-state index in [-0.39, 0.29) is 11.3 Å². The van der Waals surface area contributed by atoms with Gasteiger partial charge in [-0.15, -0.1) is 0 Å². The molecular formula is C32H42N4O5. The maximum Gasteiger partial charge on any atom is 0.408 e. The van der Waals surface area contributed by atoms with Crippen LogP contribution in [0.5, 0.6) is 0 Å². The Morgan fingerprint density at radius 2 is 1.63 bits per heavy atom. The summed E-state index contributed by atoms with van der Waals surface area (Å²) in [5.41, 5.74) is 0.291. The summed E-state index contributed by atoms with van der Waals surface area (Å²) < 4.78 is 11.5. The summed E-state index contributed by atoms with van der Waals surface area (Å²) in [6.45, 7) is 10.9. The average Bonchev–Trinajstić information content (AvgIpc) is 3.52. The number of piperidine rings is 1. The van der Waals surface area contributed by atoms with Gasteiger partial charge in [0.2, 0.25) is 5.91 Å². The van der Waals surface area contributed by atoms with Crippen LogP contribution in [0.4, 0.5) is 10.5 Å². The maximum absolute atomic E-state index is 14.1. The quantitative estimate of drug-likeness (QED) is 0.469. The van der Waals surface area contributed by atoms with Crippen LogP contribution in [0.3, 0.4) is 0 Å². The summed E-state index contributed by atoms with van der Waals surface area (Å²) in [5.74, 6) is -0.601. The molecule has 9 heteroatoms. The van der Waals surface area contributed by atoms with Gasteiger partial charge in [-0.3, -0.25) is 9.59 Å². The van der Waals surface area contributed by atoms with Crippen molar-refractivity contribution in [1.29, 1.82) is 0 Å². The lowest BCUT2D eigenvalue weighted by molar-refractivity contribution is -0.142. The number of likely N-dealkylation sites (tertiary alicyclic amines) is 1. The molecule has 2 aliphatic heterocycles. The Kier molecular flexibility index (Phi) is 7.53. The highest BCUT2D eigenvalue weighted by molar-refractivity contribution is 5.98. The van der Waals surface area contributed by atoms with E-state index in [1.54, 1.807) is 34.6 Å². The first-order chi connectivity index (χ1) is 19.3. The first-order valence-corrected chi connectivity index (χ1v) is 14.5. The molecule has 3 N–H and O–H groups in total. The van der Waals surface area contributed by atoms with Crippen LogP contribution in [0.15, 0.2) is 54.6 Å². The second kappa shape index (κ2) is 10.7. The zero-order valence-electron chi connectivity index (χ0n) is 24.7. The molecule has 1 spiro atoms. The molecule has 2 aromatic carbocycles. The van der Waals surface area contributed by atoms with Crippen molar-refractivity contribution in [3.8, 4) is 0 Å². The predicted octanol–water partition coefficient (Wildman–Crippen LogP) is 4.12. The number of fused-ring (bicyclic) bond motifs is 2. The van der Waals surface area contributed by atoms with Crippen molar-refractivity contribution >= 4 is 23.6 Å². The summed E-state index contributed by atoms with van der Waals surface area (Å²) >= 11 is 0. The van der Waals surface area contributed by atoms with Crippen LogP contribution in [0.1, 0.15) is 65.0 Å². The number of ether oxygens (including phenoxy) is 2. The van der Waals surface area contributed by atoms with Crippen LogP contribution in [0.2, 0.25) is 0 Å². The molecule has 1 saturated heterocycles. The number of hydrogen-bond donors (Lipinski definition) is 3. The van der Waals surface area contributed by atoms with Crippen LogP contribution < -0.4 is 16.0 Å². The fourth-order valence-electron chi connectivity index (χ4n) is 5.92. The number of rotatable bonds is 7. The molecule has 2 atom stereocenters. The molecule has 5 rings (SSSR count). The lowest BCUT2D eigenvalue weighted by Crippen LogP contribution is -2.62. The molecule has 3 aliphatic rings. The number of benzene rings is 2. The van der Waals surface area contributed by atoms with E-state index in [0.717, 1.165) is 24.9 Å². The molecule has 2 aromatic rings. The van der Waals surface area contributed by atoms with Crippen LogP contribution in [0, 0.1) is 0 Å². The normalized spacial score (nSPS) is 22.9. The fraction of sp³-hybridized carbons (Fsp3) is 0.531. The molecule has 3 amide bonds. The van der Waals surface area contributed by atoms with Crippen molar-refractivity contribution in [2.24, 2.45) is 0 Å². The number of carbonyl (C=O) groups is 3. The van der Waals surface area contributed by atoms with Crippen LogP contribution in [-0.2, 0) is 31.1 Å². The van der Waals surface area contributed by atoms with Gasteiger partial charge in [0.25, 0.3) is 5.91 Å². The van der Waals surface area contributed by atoms with Crippen molar-refractivity contribution in [3.05, 3.63) is 65.7 Å².